The van der Waals surface area contributed by atoms with Gasteiger partial charge in [0.2, 0.25) is 0 Å². The highest BCUT2D eigenvalue weighted by atomic mass is 16.5. The Kier molecular flexibility index (Phi) is 4.91. The fourth-order valence-electron chi connectivity index (χ4n) is 4.67. The van der Waals surface area contributed by atoms with Crippen LogP contribution in [0.4, 0.5) is 5.69 Å². The van der Waals surface area contributed by atoms with E-state index in [2.05, 4.69) is 0 Å². The molecule has 0 unspecified atom stereocenters. The van der Waals surface area contributed by atoms with E-state index in [-0.39, 0.29) is 5.91 Å². The lowest BCUT2D eigenvalue weighted by Crippen LogP contribution is -2.46. The first kappa shape index (κ1) is 19.9. The first-order chi connectivity index (χ1) is 15.7. The van der Waals surface area contributed by atoms with Crippen molar-refractivity contribution in [2.75, 3.05) is 19.1 Å². The molecular formula is C28H23NO3. The van der Waals surface area contributed by atoms with Gasteiger partial charge in [0.15, 0.2) is 0 Å². The Bertz CT molecular complexity index is 1200. The van der Waals surface area contributed by atoms with Crippen LogP contribution in [0.1, 0.15) is 27.0 Å². The summed E-state index contributed by atoms with van der Waals surface area (Å²) in [7, 11) is 3.30. The third-order valence-electron chi connectivity index (χ3n) is 6.12. The quantitative estimate of drug-likeness (QED) is 0.418. The normalized spacial score (nSPS) is 14.2. The second-order valence-corrected chi connectivity index (χ2v) is 7.69. The van der Waals surface area contributed by atoms with Crippen LogP contribution in [0.5, 0.6) is 11.5 Å². The Labute approximate surface area is 187 Å². The summed E-state index contributed by atoms with van der Waals surface area (Å²) in [5.74, 6) is 1.50. The van der Waals surface area contributed by atoms with Gasteiger partial charge in [0.05, 0.1) is 14.2 Å². The molecule has 0 atom stereocenters. The van der Waals surface area contributed by atoms with Crippen molar-refractivity contribution in [2.24, 2.45) is 0 Å². The van der Waals surface area contributed by atoms with Crippen molar-refractivity contribution in [3.05, 3.63) is 125 Å². The van der Waals surface area contributed by atoms with Crippen LogP contribution in [-0.4, -0.2) is 20.1 Å². The van der Waals surface area contributed by atoms with Crippen LogP contribution in [0.3, 0.4) is 0 Å². The molecule has 1 aliphatic rings. The fraction of sp³-hybridized carbons (Fsp3) is 0.107. The predicted molar refractivity (Wildman–Crippen MR) is 126 cm³/mol. The molecule has 1 heterocycles. The summed E-state index contributed by atoms with van der Waals surface area (Å²) in [6.07, 6.45) is 0. The highest BCUT2D eigenvalue weighted by Crippen LogP contribution is 2.51. The van der Waals surface area contributed by atoms with Crippen molar-refractivity contribution in [1.29, 1.82) is 0 Å². The first-order valence-electron chi connectivity index (χ1n) is 10.5. The third-order valence-corrected chi connectivity index (χ3v) is 6.12. The van der Waals surface area contributed by atoms with E-state index >= 15 is 0 Å². The van der Waals surface area contributed by atoms with Crippen molar-refractivity contribution in [3.63, 3.8) is 0 Å². The van der Waals surface area contributed by atoms with E-state index < -0.39 is 5.54 Å². The number of carbonyl (C=O) groups is 1. The number of nitrogens with zero attached hydrogens (tertiary/aromatic N) is 1. The number of anilines is 1. The zero-order chi connectivity index (χ0) is 22.1. The Morgan fingerprint density at radius 2 is 1.12 bits per heavy atom. The summed E-state index contributed by atoms with van der Waals surface area (Å²) in [6.45, 7) is 0. The second kappa shape index (κ2) is 7.89. The smallest absolute Gasteiger partial charge is 0.260 e. The Morgan fingerprint density at radius 1 is 0.625 bits per heavy atom. The van der Waals surface area contributed by atoms with Crippen LogP contribution in [0, 0.1) is 0 Å². The molecule has 4 aromatic carbocycles. The number of ether oxygens (including phenoxy) is 2. The first-order valence-corrected chi connectivity index (χ1v) is 10.5. The summed E-state index contributed by atoms with van der Waals surface area (Å²) in [5.41, 5.74) is 3.59. The van der Waals surface area contributed by atoms with Gasteiger partial charge < -0.3 is 9.47 Å². The standard InChI is InChI=1S/C28H23NO3/c1-31-23-16-12-20(13-17-23)28(21-14-18-24(32-2)19-15-21)26-11-7-6-10-25(26)27(30)29(28)22-8-4-3-5-9-22/h3-19H,1-2H3. The van der Waals surface area contributed by atoms with E-state index in [0.717, 1.165) is 33.9 Å². The zero-order valence-corrected chi connectivity index (χ0v) is 18.0. The number of hydrogen-bond donors (Lipinski definition) is 0. The molecule has 0 radical (unpaired) electrons. The molecule has 1 aliphatic heterocycles. The molecule has 0 aliphatic carbocycles. The Hall–Kier alpha value is -4.05. The van der Waals surface area contributed by atoms with Crippen LogP contribution in [0.2, 0.25) is 0 Å². The number of hydrogen-bond acceptors (Lipinski definition) is 3. The Morgan fingerprint density at radius 3 is 1.66 bits per heavy atom. The molecule has 32 heavy (non-hydrogen) atoms. The number of carbonyl (C=O) groups excluding carboxylic acids is 1. The molecule has 4 aromatic rings. The topological polar surface area (TPSA) is 38.8 Å². The monoisotopic (exact) mass is 421 g/mol. The van der Waals surface area contributed by atoms with Gasteiger partial charge in [-0.05, 0) is 59.2 Å². The predicted octanol–water partition coefficient (Wildman–Crippen LogP) is 5.66. The van der Waals surface area contributed by atoms with Crippen LogP contribution < -0.4 is 14.4 Å². The van der Waals surface area contributed by atoms with Gasteiger partial charge in [0.25, 0.3) is 5.91 Å². The number of fused-ring (bicyclic) bond motifs is 1. The molecular weight excluding hydrogens is 398 g/mol. The van der Waals surface area contributed by atoms with Crippen LogP contribution >= 0.6 is 0 Å². The average molecular weight is 421 g/mol. The lowest BCUT2D eigenvalue weighted by Gasteiger charge is -2.40. The number of rotatable bonds is 5. The maximum atomic E-state index is 13.9. The van der Waals surface area contributed by atoms with Crippen molar-refractivity contribution < 1.29 is 14.3 Å². The van der Waals surface area contributed by atoms with E-state index in [1.807, 2.05) is 108 Å². The molecule has 4 heteroatoms. The molecule has 1 amide bonds. The van der Waals surface area contributed by atoms with Crippen LogP contribution in [-0.2, 0) is 5.54 Å². The Balaban J connectivity index is 1.87. The van der Waals surface area contributed by atoms with E-state index in [1.54, 1.807) is 14.2 Å². The average Bonchev–Trinajstić information content (AvgIpc) is 3.14. The number of benzene rings is 4. The number of methoxy groups -OCH3 is 2. The van der Waals surface area contributed by atoms with Crippen molar-refractivity contribution in [3.8, 4) is 11.5 Å². The molecule has 4 nitrogen and oxygen atoms in total. The molecule has 0 bridgehead atoms. The summed E-state index contributed by atoms with van der Waals surface area (Å²) in [6, 6.07) is 33.6. The fourth-order valence-corrected chi connectivity index (χ4v) is 4.67. The third kappa shape index (κ3) is 2.88. The van der Waals surface area contributed by atoms with Crippen LogP contribution in [0.25, 0.3) is 0 Å². The number of amides is 1. The van der Waals surface area contributed by atoms with Gasteiger partial charge in [-0.25, -0.2) is 0 Å². The molecule has 5 rings (SSSR count). The van der Waals surface area contributed by atoms with Gasteiger partial charge in [0, 0.05) is 11.3 Å². The molecule has 158 valence electrons. The van der Waals surface area contributed by atoms with E-state index in [0.29, 0.717) is 5.56 Å². The molecule has 0 saturated heterocycles. The SMILES string of the molecule is COc1ccc(C2(c3ccc(OC)cc3)c3ccccc3C(=O)N2c2ccccc2)cc1. The molecule has 0 saturated carbocycles. The van der Waals surface area contributed by atoms with Gasteiger partial charge in [-0.1, -0.05) is 60.7 Å². The molecule has 0 fully saturated rings. The highest BCUT2D eigenvalue weighted by Gasteiger charge is 2.52. The van der Waals surface area contributed by atoms with Gasteiger partial charge >= 0.3 is 0 Å². The van der Waals surface area contributed by atoms with Gasteiger partial charge in [-0.3, -0.25) is 9.69 Å². The molecule has 0 N–H and O–H groups in total. The van der Waals surface area contributed by atoms with Gasteiger partial charge in [-0.2, -0.15) is 0 Å². The van der Waals surface area contributed by atoms with E-state index in [9.17, 15) is 4.79 Å². The number of para-hydroxylation sites is 1. The van der Waals surface area contributed by atoms with Crippen molar-refractivity contribution in [1.82, 2.24) is 0 Å². The summed E-state index contributed by atoms with van der Waals surface area (Å²) in [5, 5.41) is 0. The van der Waals surface area contributed by atoms with Crippen LogP contribution in [0.15, 0.2) is 103 Å². The maximum Gasteiger partial charge on any atom is 0.260 e. The lowest BCUT2D eigenvalue weighted by atomic mass is 9.76. The largest absolute Gasteiger partial charge is 0.497 e. The van der Waals surface area contributed by atoms with E-state index in [1.165, 1.54) is 0 Å². The summed E-state index contributed by atoms with van der Waals surface area (Å²) in [4.78, 5) is 15.8. The molecule has 0 aromatic heterocycles. The van der Waals surface area contributed by atoms with Crippen molar-refractivity contribution in [2.45, 2.75) is 5.54 Å². The van der Waals surface area contributed by atoms with E-state index in [4.69, 9.17) is 9.47 Å². The van der Waals surface area contributed by atoms with Gasteiger partial charge in [0.1, 0.15) is 17.0 Å². The van der Waals surface area contributed by atoms with Gasteiger partial charge in [-0.15, -0.1) is 0 Å². The van der Waals surface area contributed by atoms with Crippen molar-refractivity contribution >= 4 is 11.6 Å². The zero-order valence-electron chi connectivity index (χ0n) is 18.0. The summed E-state index contributed by atoms with van der Waals surface area (Å²) < 4.78 is 10.8. The lowest BCUT2D eigenvalue weighted by molar-refractivity contribution is 0.0986. The molecule has 0 spiro atoms. The highest BCUT2D eigenvalue weighted by molar-refractivity contribution is 6.13. The minimum absolute atomic E-state index is 0.0292. The minimum Gasteiger partial charge on any atom is -0.497 e. The summed E-state index contributed by atoms with van der Waals surface area (Å²) >= 11 is 0. The minimum atomic E-state index is -0.840. The maximum absolute atomic E-state index is 13.9. The second-order valence-electron chi connectivity index (χ2n) is 7.69.